The van der Waals surface area contributed by atoms with Gasteiger partial charge in [-0.3, -0.25) is 14.4 Å². The average molecular weight is 465 g/mol. The normalized spacial score (nSPS) is 14.7. The predicted octanol–water partition coefficient (Wildman–Crippen LogP) is 1.07. The second-order valence-electron chi connectivity index (χ2n) is 7.11. The summed E-state index contributed by atoms with van der Waals surface area (Å²) in [6.07, 6.45) is 2.65. The van der Waals surface area contributed by atoms with Gasteiger partial charge in [0.25, 0.3) is 11.8 Å². The Morgan fingerprint density at radius 3 is 2.29 bits per heavy atom. The SMILES string of the molecule is NC(=O)CNC(=O)c1ccc(CNC(=O)c2sccc2S(=O)(=O)N2CCCCC2)cc1. The Balaban J connectivity index is 1.62. The molecule has 1 aromatic heterocycles. The topological polar surface area (TPSA) is 139 Å². The Bertz CT molecular complexity index is 1060. The number of sulfonamides is 1. The maximum Gasteiger partial charge on any atom is 0.263 e. The second-order valence-corrected chi connectivity index (χ2v) is 9.93. The minimum Gasteiger partial charge on any atom is -0.368 e. The van der Waals surface area contributed by atoms with Gasteiger partial charge in [-0.05, 0) is 42.0 Å². The third kappa shape index (κ3) is 5.69. The van der Waals surface area contributed by atoms with E-state index < -0.39 is 27.7 Å². The molecule has 0 saturated carbocycles. The summed E-state index contributed by atoms with van der Waals surface area (Å²) >= 11 is 1.09. The fourth-order valence-electron chi connectivity index (χ4n) is 3.22. The van der Waals surface area contributed by atoms with Crippen LogP contribution < -0.4 is 16.4 Å². The van der Waals surface area contributed by atoms with E-state index in [1.54, 1.807) is 29.6 Å². The summed E-state index contributed by atoms with van der Waals surface area (Å²) in [7, 11) is -3.70. The van der Waals surface area contributed by atoms with Gasteiger partial charge in [-0.1, -0.05) is 18.6 Å². The zero-order valence-corrected chi connectivity index (χ0v) is 18.4. The molecule has 1 aliphatic rings. The number of primary amides is 1. The largest absolute Gasteiger partial charge is 0.368 e. The van der Waals surface area contributed by atoms with E-state index in [2.05, 4.69) is 10.6 Å². The summed E-state index contributed by atoms with van der Waals surface area (Å²) in [5.41, 5.74) is 6.08. The first-order valence-corrected chi connectivity index (χ1v) is 12.1. The summed E-state index contributed by atoms with van der Waals surface area (Å²) in [6, 6.07) is 7.94. The smallest absolute Gasteiger partial charge is 0.263 e. The predicted molar refractivity (Wildman–Crippen MR) is 116 cm³/mol. The number of benzene rings is 1. The Hall–Kier alpha value is -2.76. The van der Waals surface area contributed by atoms with Crippen molar-refractivity contribution in [2.75, 3.05) is 19.6 Å². The van der Waals surface area contributed by atoms with E-state index >= 15 is 0 Å². The number of nitrogens with zero attached hydrogens (tertiary/aromatic N) is 1. The molecule has 0 atom stereocenters. The van der Waals surface area contributed by atoms with Crippen LogP contribution >= 0.6 is 11.3 Å². The quantitative estimate of drug-likeness (QED) is 0.536. The van der Waals surface area contributed by atoms with Crippen LogP contribution in [0, 0.1) is 0 Å². The highest BCUT2D eigenvalue weighted by atomic mass is 32.2. The molecule has 31 heavy (non-hydrogen) atoms. The molecule has 4 N–H and O–H groups in total. The van der Waals surface area contributed by atoms with Crippen molar-refractivity contribution in [3.63, 3.8) is 0 Å². The van der Waals surface area contributed by atoms with E-state index in [0.717, 1.165) is 36.2 Å². The van der Waals surface area contributed by atoms with E-state index in [9.17, 15) is 22.8 Å². The zero-order valence-electron chi connectivity index (χ0n) is 16.8. The first-order chi connectivity index (χ1) is 14.8. The molecule has 2 aromatic rings. The number of hydrogen-bond acceptors (Lipinski definition) is 6. The molecule has 1 saturated heterocycles. The number of hydrogen-bond donors (Lipinski definition) is 3. The molecular weight excluding hydrogens is 440 g/mol. The second kappa shape index (κ2) is 10.0. The molecule has 166 valence electrons. The van der Waals surface area contributed by atoms with Crippen LogP contribution in [0.25, 0.3) is 0 Å². The number of carbonyl (C=O) groups is 3. The standard InChI is InChI=1S/C20H24N4O5S2/c21-17(25)13-23-19(26)15-6-4-14(5-7-15)12-22-20(27)18-16(8-11-30-18)31(28,29)24-9-2-1-3-10-24/h4-8,11H,1-3,9-10,12-13H2,(H2,21,25)(H,22,27)(H,23,26). The molecule has 1 aromatic carbocycles. The fourth-order valence-corrected chi connectivity index (χ4v) is 6.05. The van der Waals surface area contributed by atoms with E-state index in [1.165, 1.54) is 10.4 Å². The molecular formula is C20H24N4O5S2. The first kappa shape index (κ1) is 22.9. The summed E-state index contributed by atoms with van der Waals surface area (Å²) < 4.78 is 27.3. The van der Waals surface area contributed by atoms with E-state index in [0.29, 0.717) is 18.7 Å². The fraction of sp³-hybridized carbons (Fsp3) is 0.350. The van der Waals surface area contributed by atoms with Crippen LogP contribution in [-0.2, 0) is 21.4 Å². The molecule has 3 rings (SSSR count). The lowest BCUT2D eigenvalue weighted by atomic mass is 10.1. The summed E-state index contributed by atoms with van der Waals surface area (Å²) in [5, 5.41) is 6.73. The van der Waals surface area contributed by atoms with Crippen molar-refractivity contribution in [2.24, 2.45) is 5.73 Å². The highest BCUT2D eigenvalue weighted by Gasteiger charge is 2.30. The number of nitrogens with one attached hydrogen (secondary N) is 2. The number of rotatable bonds is 8. The molecule has 1 aliphatic heterocycles. The molecule has 11 heteroatoms. The van der Waals surface area contributed by atoms with Gasteiger partial charge < -0.3 is 16.4 Å². The Kier molecular flexibility index (Phi) is 7.42. The molecule has 3 amide bonds. The van der Waals surface area contributed by atoms with Gasteiger partial charge in [-0.2, -0.15) is 4.31 Å². The van der Waals surface area contributed by atoms with Crippen molar-refractivity contribution in [3.05, 3.63) is 51.7 Å². The number of nitrogens with two attached hydrogens (primary N) is 1. The highest BCUT2D eigenvalue weighted by Crippen LogP contribution is 2.27. The number of piperidine rings is 1. The van der Waals surface area contributed by atoms with Crippen molar-refractivity contribution in [1.29, 1.82) is 0 Å². The van der Waals surface area contributed by atoms with Crippen LogP contribution in [0.2, 0.25) is 0 Å². The molecule has 0 unspecified atom stereocenters. The van der Waals surface area contributed by atoms with Crippen molar-refractivity contribution >= 4 is 39.1 Å². The van der Waals surface area contributed by atoms with Gasteiger partial charge >= 0.3 is 0 Å². The lowest BCUT2D eigenvalue weighted by Crippen LogP contribution is -2.36. The lowest BCUT2D eigenvalue weighted by molar-refractivity contribution is -0.117. The molecule has 9 nitrogen and oxygen atoms in total. The van der Waals surface area contributed by atoms with Gasteiger partial charge in [0.1, 0.15) is 9.77 Å². The van der Waals surface area contributed by atoms with Crippen molar-refractivity contribution in [2.45, 2.75) is 30.7 Å². The summed E-state index contributed by atoms with van der Waals surface area (Å²) in [4.78, 5) is 35.5. The Morgan fingerprint density at radius 1 is 0.968 bits per heavy atom. The zero-order chi connectivity index (χ0) is 22.4. The van der Waals surface area contributed by atoms with Crippen molar-refractivity contribution < 1.29 is 22.8 Å². The van der Waals surface area contributed by atoms with Crippen molar-refractivity contribution in [3.8, 4) is 0 Å². The van der Waals surface area contributed by atoms with Crippen LogP contribution in [0.5, 0.6) is 0 Å². The van der Waals surface area contributed by atoms with E-state index in [1.807, 2.05) is 0 Å². The maximum atomic E-state index is 12.9. The van der Waals surface area contributed by atoms with E-state index in [-0.39, 0.29) is 22.9 Å². The minimum absolute atomic E-state index is 0.0402. The third-order valence-corrected chi connectivity index (χ3v) is 7.84. The van der Waals surface area contributed by atoms with E-state index in [4.69, 9.17) is 5.73 Å². The van der Waals surface area contributed by atoms with Crippen LogP contribution in [0.3, 0.4) is 0 Å². The third-order valence-electron chi connectivity index (χ3n) is 4.86. The summed E-state index contributed by atoms with van der Waals surface area (Å²) in [5.74, 6) is -1.53. The van der Waals surface area contributed by atoms with Gasteiger partial charge in [-0.15, -0.1) is 11.3 Å². The summed E-state index contributed by atoms with van der Waals surface area (Å²) in [6.45, 7) is 0.862. The molecule has 0 bridgehead atoms. The molecule has 0 radical (unpaired) electrons. The van der Waals surface area contributed by atoms with Gasteiger partial charge in [-0.25, -0.2) is 8.42 Å². The average Bonchev–Trinajstić information content (AvgIpc) is 3.28. The van der Waals surface area contributed by atoms with Gasteiger partial charge in [0.2, 0.25) is 15.9 Å². The number of thiophene rings is 1. The molecule has 1 fully saturated rings. The van der Waals surface area contributed by atoms with Crippen LogP contribution in [0.15, 0.2) is 40.6 Å². The molecule has 2 heterocycles. The van der Waals surface area contributed by atoms with Crippen LogP contribution in [-0.4, -0.2) is 50.1 Å². The molecule has 0 aliphatic carbocycles. The first-order valence-electron chi connectivity index (χ1n) is 9.80. The van der Waals surface area contributed by atoms with Crippen molar-refractivity contribution in [1.82, 2.24) is 14.9 Å². The Morgan fingerprint density at radius 2 is 1.65 bits per heavy atom. The van der Waals surface area contributed by atoms with Crippen LogP contribution in [0.4, 0.5) is 0 Å². The number of amides is 3. The molecule has 0 spiro atoms. The highest BCUT2D eigenvalue weighted by molar-refractivity contribution is 7.89. The lowest BCUT2D eigenvalue weighted by Gasteiger charge is -2.25. The maximum absolute atomic E-state index is 12.9. The van der Waals surface area contributed by atoms with Gasteiger partial charge in [0.05, 0.1) is 6.54 Å². The monoisotopic (exact) mass is 464 g/mol. The number of carbonyl (C=O) groups excluding carboxylic acids is 3. The Labute approximate surface area is 184 Å². The van der Waals surface area contributed by atoms with Gasteiger partial charge in [0, 0.05) is 25.2 Å². The van der Waals surface area contributed by atoms with Gasteiger partial charge in [0.15, 0.2) is 0 Å². The minimum atomic E-state index is -3.70. The van der Waals surface area contributed by atoms with Crippen LogP contribution in [0.1, 0.15) is 44.9 Å².